The summed E-state index contributed by atoms with van der Waals surface area (Å²) in [5.41, 5.74) is 2.36. The summed E-state index contributed by atoms with van der Waals surface area (Å²) < 4.78 is 19.0. The summed E-state index contributed by atoms with van der Waals surface area (Å²) in [5, 5.41) is 0. The van der Waals surface area contributed by atoms with Crippen LogP contribution >= 0.6 is 0 Å². The molecule has 0 aromatic heterocycles. The Morgan fingerprint density at radius 3 is 2.16 bits per heavy atom. The normalized spacial score (nSPS) is 17.1. The van der Waals surface area contributed by atoms with Crippen molar-refractivity contribution in [3.63, 3.8) is 0 Å². The lowest BCUT2D eigenvalue weighted by Crippen LogP contribution is -2.48. The Balaban J connectivity index is 1.64. The maximum atomic E-state index is 13.5. The second kappa shape index (κ2) is 9.02. The Kier molecular flexibility index (Phi) is 6.17. The minimum atomic E-state index is -0.378. The maximum absolute atomic E-state index is 13.5. The van der Waals surface area contributed by atoms with Crippen LogP contribution in [-0.2, 0) is 9.59 Å². The molecule has 0 N–H and O–H groups in total. The van der Waals surface area contributed by atoms with Gasteiger partial charge in [0.25, 0.3) is 11.8 Å². The summed E-state index contributed by atoms with van der Waals surface area (Å²) in [5.74, 6) is 0.00451. The number of ether oxygens (including phenoxy) is 1. The van der Waals surface area contributed by atoms with Gasteiger partial charge in [-0.2, -0.15) is 0 Å². The Morgan fingerprint density at radius 2 is 1.53 bits per heavy atom. The molecule has 2 aliphatic rings. The zero-order chi connectivity index (χ0) is 22.8. The van der Waals surface area contributed by atoms with Gasteiger partial charge in [0.2, 0.25) is 0 Å². The van der Waals surface area contributed by atoms with E-state index in [0.29, 0.717) is 49.6 Å². The second-order valence-corrected chi connectivity index (χ2v) is 8.49. The van der Waals surface area contributed by atoms with Crippen molar-refractivity contribution in [1.82, 2.24) is 9.80 Å². The van der Waals surface area contributed by atoms with Crippen LogP contribution in [0.15, 0.2) is 54.2 Å². The Labute approximate surface area is 187 Å². The molecule has 0 aliphatic carbocycles. The molecule has 2 aliphatic heterocycles. The maximum Gasteiger partial charge on any atom is 0.277 e. The van der Waals surface area contributed by atoms with E-state index in [1.54, 1.807) is 19.2 Å². The summed E-state index contributed by atoms with van der Waals surface area (Å²) in [6, 6.07) is 13.6. The number of anilines is 1. The fraction of sp³-hybridized carbons (Fsp3) is 0.360. The van der Waals surface area contributed by atoms with E-state index in [1.807, 2.05) is 43.0 Å². The number of benzene rings is 2. The van der Waals surface area contributed by atoms with E-state index in [9.17, 15) is 14.0 Å². The van der Waals surface area contributed by atoms with Crippen LogP contribution in [0.25, 0.3) is 5.57 Å². The molecule has 7 heteroatoms. The van der Waals surface area contributed by atoms with Crippen LogP contribution in [0.5, 0.6) is 5.75 Å². The van der Waals surface area contributed by atoms with Gasteiger partial charge in [0.1, 0.15) is 17.3 Å². The lowest BCUT2D eigenvalue weighted by molar-refractivity contribution is -0.138. The molecule has 1 saturated heterocycles. The van der Waals surface area contributed by atoms with Gasteiger partial charge in [-0.1, -0.05) is 38.1 Å². The zero-order valence-electron chi connectivity index (χ0n) is 18.7. The van der Waals surface area contributed by atoms with E-state index in [2.05, 4.69) is 4.90 Å². The molecule has 32 heavy (non-hydrogen) atoms. The predicted octanol–water partition coefficient (Wildman–Crippen LogP) is 3.39. The fourth-order valence-electron chi connectivity index (χ4n) is 4.33. The van der Waals surface area contributed by atoms with Crippen molar-refractivity contribution in [3.05, 3.63) is 65.6 Å². The van der Waals surface area contributed by atoms with Crippen molar-refractivity contribution in [2.24, 2.45) is 5.92 Å². The SMILES string of the molecule is COc1ccccc1N1CCN(C2=C(c3ccc(F)cc3)C(=O)N(CC(C)C)C2=O)CC1. The number of imide groups is 1. The molecule has 2 heterocycles. The number of rotatable bonds is 6. The van der Waals surface area contributed by atoms with Crippen molar-refractivity contribution < 1.29 is 18.7 Å². The van der Waals surface area contributed by atoms with Crippen LogP contribution in [-0.4, -0.2) is 61.4 Å². The lowest BCUT2D eigenvalue weighted by Gasteiger charge is -2.38. The molecule has 0 radical (unpaired) electrons. The molecule has 0 atom stereocenters. The topological polar surface area (TPSA) is 53.1 Å². The monoisotopic (exact) mass is 437 g/mol. The molecule has 6 nitrogen and oxygen atoms in total. The highest BCUT2D eigenvalue weighted by molar-refractivity contribution is 6.35. The number of methoxy groups -OCH3 is 1. The zero-order valence-corrected chi connectivity index (χ0v) is 18.7. The van der Waals surface area contributed by atoms with E-state index in [1.165, 1.54) is 17.0 Å². The minimum absolute atomic E-state index is 0.152. The fourth-order valence-corrected chi connectivity index (χ4v) is 4.33. The van der Waals surface area contributed by atoms with Crippen LogP contribution in [0.3, 0.4) is 0 Å². The van der Waals surface area contributed by atoms with Crippen molar-refractivity contribution in [3.8, 4) is 5.75 Å². The van der Waals surface area contributed by atoms with Gasteiger partial charge in [0, 0.05) is 32.7 Å². The summed E-state index contributed by atoms with van der Waals surface area (Å²) in [6.45, 7) is 6.86. The smallest absolute Gasteiger partial charge is 0.277 e. The van der Waals surface area contributed by atoms with Crippen molar-refractivity contribution >= 4 is 23.1 Å². The quantitative estimate of drug-likeness (QED) is 0.649. The summed E-state index contributed by atoms with van der Waals surface area (Å²) in [4.78, 5) is 32.1. The first-order valence-corrected chi connectivity index (χ1v) is 10.9. The van der Waals surface area contributed by atoms with Gasteiger partial charge < -0.3 is 14.5 Å². The van der Waals surface area contributed by atoms with E-state index >= 15 is 0 Å². The summed E-state index contributed by atoms with van der Waals surface area (Å²) >= 11 is 0. The minimum Gasteiger partial charge on any atom is -0.495 e. The van der Waals surface area contributed by atoms with Gasteiger partial charge in [0.05, 0.1) is 18.4 Å². The molecule has 2 aromatic carbocycles. The second-order valence-electron chi connectivity index (χ2n) is 8.49. The van der Waals surface area contributed by atoms with Gasteiger partial charge in [-0.3, -0.25) is 14.5 Å². The summed E-state index contributed by atoms with van der Waals surface area (Å²) in [6.07, 6.45) is 0. The highest BCUT2D eigenvalue weighted by Crippen LogP contribution is 2.34. The molecular formula is C25H28FN3O3. The van der Waals surface area contributed by atoms with Crippen LogP contribution in [0.4, 0.5) is 10.1 Å². The standard InChI is InChI=1S/C25H28FN3O3/c1-17(2)16-29-24(30)22(18-8-10-19(26)11-9-18)23(25(29)31)28-14-12-27(13-15-28)20-6-4-5-7-21(20)32-3/h4-11,17H,12-16H2,1-3H3. The van der Waals surface area contributed by atoms with E-state index in [4.69, 9.17) is 4.74 Å². The number of carbonyl (C=O) groups is 2. The highest BCUT2D eigenvalue weighted by Gasteiger charge is 2.42. The van der Waals surface area contributed by atoms with E-state index < -0.39 is 0 Å². The number of hydrogen-bond donors (Lipinski definition) is 0. The molecule has 2 amide bonds. The molecule has 168 valence electrons. The molecule has 4 rings (SSSR count). The number of amides is 2. The number of carbonyl (C=O) groups excluding carboxylic acids is 2. The first-order chi connectivity index (χ1) is 15.4. The lowest BCUT2D eigenvalue weighted by atomic mass is 10.0. The predicted molar refractivity (Wildman–Crippen MR) is 122 cm³/mol. The van der Waals surface area contributed by atoms with Gasteiger partial charge in [0.15, 0.2) is 0 Å². The average Bonchev–Trinajstić information content (AvgIpc) is 3.04. The van der Waals surface area contributed by atoms with Crippen LogP contribution in [0.2, 0.25) is 0 Å². The number of hydrogen-bond acceptors (Lipinski definition) is 5. The molecule has 2 aromatic rings. The third-order valence-corrected chi connectivity index (χ3v) is 5.85. The number of halogens is 1. The Hall–Kier alpha value is -3.35. The number of para-hydroxylation sites is 2. The van der Waals surface area contributed by atoms with Crippen LogP contribution in [0.1, 0.15) is 19.4 Å². The van der Waals surface area contributed by atoms with Crippen molar-refractivity contribution in [2.45, 2.75) is 13.8 Å². The third-order valence-electron chi connectivity index (χ3n) is 5.85. The Bertz CT molecular complexity index is 1040. The van der Waals surface area contributed by atoms with Crippen molar-refractivity contribution in [2.75, 3.05) is 44.7 Å². The Morgan fingerprint density at radius 1 is 0.906 bits per heavy atom. The number of nitrogens with zero attached hydrogens (tertiary/aromatic N) is 3. The van der Waals surface area contributed by atoms with Crippen LogP contribution in [0, 0.1) is 11.7 Å². The molecule has 0 spiro atoms. The average molecular weight is 438 g/mol. The molecule has 0 bridgehead atoms. The van der Waals surface area contributed by atoms with E-state index in [0.717, 1.165) is 11.4 Å². The number of piperazine rings is 1. The summed E-state index contributed by atoms with van der Waals surface area (Å²) in [7, 11) is 1.65. The highest BCUT2D eigenvalue weighted by atomic mass is 19.1. The van der Waals surface area contributed by atoms with E-state index in [-0.39, 0.29) is 23.5 Å². The van der Waals surface area contributed by atoms with Crippen LogP contribution < -0.4 is 9.64 Å². The van der Waals surface area contributed by atoms with Gasteiger partial charge >= 0.3 is 0 Å². The largest absolute Gasteiger partial charge is 0.495 e. The molecular weight excluding hydrogens is 409 g/mol. The van der Waals surface area contributed by atoms with Gasteiger partial charge in [-0.15, -0.1) is 0 Å². The first-order valence-electron chi connectivity index (χ1n) is 10.9. The first kappa shape index (κ1) is 21.9. The van der Waals surface area contributed by atoms with Gasteiger partial charge in [-0.25, -0.2) is 4.39 Å². The molecule has 0 saturated carbocycles. The third kappa shape index (κ3) is 4.07. The van der Waals surface area contributed by atoms with Crippen molar-refractivity contribution in [1.29, 1.82) is 0 Å². The molecule has 1 fully saturated rings. The molecule has 0 unspecified atom stereocenters. The van der Waals surface area contributed by atoms with Gasteiger partial charge in [-0.05, 0) is 35.7 Å².